The number of amides is 1. The highest BCUT2D eigenvalue weighted by molar-refractivity contribution is 5.67. The first-order valence-corrected chi connectivity index (χ1v) is 8.01. The average Bonchev–Trinajstić information content (AvgIpc) is 2.82. The van der Waals surface area contributed by atoms with Gasteiger partial charge in [-0.2, -0.15) is 10.4 Å². The van der Waals surface area contributed by atoms with Crippen molar-refractivity contribution in [1.29, 1.82) is 5.26 Å². The van der Waals surface area contributed by atoms with Crippen molar-refractivity contribution in [3.63, 3.8) is 0 Å². The van der Waals surface area contributed by atoms with E-state index in [1.54, 1.807) is 15.6 Å². The van der Waals surface area contributed by atoms with Crippen LogP contribution in [0.15, 0.2) is 24.3 Å². The van der Waals surface area contributed by atoms with Crippen LogP contribution in [-0.2, 0) is 24.4 Å². The smallest absolute Gasteiger partial charge is 0.410 e. The second kappa shape index (κ2) is 6.75. The number of carbonyl (C=O) groups is 1. The number of aromatic nitrogens is 2. The highest BCUT2D eigenvalue weighted by atomic mass is 16.6. The quantitative estimate of drug-likeness (QED) is 0.851. The Morgan fingerprint density at radius 3 is 2.71 bits per heavy atom. The van der Waals surface area contributed by atoms with Crippen LogP contribution in [0.2, 0.25) is 0 Å². The van der Waals surface area contributed by atoms with E-state index in [1.807, 2.05) is 32.0 Å². The molecule has 0 fully saturated rings. The van der Waals surface area contributed by atoms with Crippen LogP contribution in [0.3, 0.4) is 0 Å². The molecule has 0 spiro atoms. The van der Waals surface area contributed by atoms with Crippen molar-refractivity contribution in [1.82, 2.24) is 14.7 Å². The van der Waals surface area contributed by atoms with Gasteiger partial charge in [-0.1, -0.05) is 29.3 Å². The first-order chi connectivity index (χ1) is 11.5. The third-order valence-corrected chi connectivity index (χ3v) is 4.03. The van der Waals surface area contributed by atoms with Crippen LogP contribution >= 0.6 is 0 Å². The Bertz CT molecular complexity index is 784. The summed E-state index contributed by atoms with van der Waals surface area (Å²) in [6.45, 7) is 6.07. The molecule has 0 N–H and O–H groups in total. The zero-order valence-electron chi connectivity index (χ0n) is 14.0. The van der Waals surface area contributed by atoms with E-state index >= 15 is 0 Å². The average molecular weight is 324 g/mol. The fourth-order valence-corrected chi connectivity index (χ4v) is 3.06. The number of carbonyl (C=O) groups excluding carboxylic acids is 1. The number of hydrogen-bond donors (Lipinski definition) is 0. The zero-order valence-corrected chi connectivity index (χ0v) is 14.0. The van der Waals surface area contributed by atoms with Crippen molar-refractivity contribution < 1.29 is 9.53 Å². The predicted molar refractivity (Wildman–Crippen MR) is 88.1 cm³/mol. The maximum absolute atomic E-state index is 12.4. The van der Waals surface area contributed by atoms with Gasteiger partial charge in [0, 0.05) is 13.1 Å². The molecule has 3 rings (SSSR count). The number of fused-ring (bicyclic) bond motifs is 1. The number of ether oxygens (including phenoxy) is 1. The summed E-state index contributed by atoms with van der Waals surface area (Å²) in [6.07, 6.45) is 0.459. The molecule has 124 valence electrons. The molecule has 1 amide bonds. The van der Waals surface area contributed by atoms with Crippen molar-refractivity contribution in [2.24, 2.45) is 0 Å². The van der Waals surface area contributed by atoms with Crippen molar-refractivity contribution in [2.75, 3.05) is 6.54 Å². The van der Waals surface area contributed by atoms with Crippen LogP contribution < -0.4 is 0 Å². The highest BCUT2D eigenvalue weighted by Crippen LogP contribution is 2.16. The maximum atomic E-state index is 12.4. The van der Waals surface area contributed by atoms with Gasteiger partial charge >= 0.3 is 6.09 Å². The number of hydrogen-bond acceptors (Lipinski definition) is 4. The van der Waals surface area contributed by atoms with Gasteiger partial charge in [0.05, 0.1) is 12.2 Å². The van der Waals surface area contributed by atoms with Crippen molar-refractivity contribution >= 4 is 6.09 Å². The van der Waals surface area contributed by atoms with E-state index in [2.05, 4.69) is 11.2 Å². The number of benzene rings is 1. The predicted octanol–water partition coefficient (Wildman–Crippen LogP) is 2.91. The lowest BCUT2D eigenvalue weighted by Gasteiger charge is -2.19. The minimum Gasteiger partial charge on any atom is -0.445 e. The molecule has 1 aliphatic heterocycles. The third-order valence-electron chi connectivity index (χ3n) is 4.03. The fraction of sp³-hybridized carbons (Fsp3) is 0.389. The number of aryl methyl sites for hydroxylation is 3. The summed E-state index contributed by atoms with van der Waals surface area (Å²) < 4.78 is 7.27. The van der Waals surface area contributed by atoms with E-state index in [-0.39, 0.29) is 12.7 Å². The van der Waals surface area contributed by atoms with Gasteiger partial charge in [0.1, 0.15) is 12.7 Å². The van der Waals surface area contributed by atoms with E-state index in [0.717, 1.165) is 28.8 Å². The lowest BCUT2D eigenvalue weighted by molar-refractivity contribution is 0.0942. The Balaban J connectivity index is 1.65. The molecule has 0 saturated heterocycles. The van der Waals surface area contributed by atoms with Crippen LogP contribution in [0.1, 0.15) is 34.5 Å². The Morgan fingerprint density at radius 1 is 1.25 bits per heavy atom. The van der Waals surface area contributed by atoms with Crippen LogP contribution in [0.5, 0.6) is 0 Å². The first kappa shape index (κ1) is 16.1. The highest BCUT2D eigenvalue weighted by Gasteiger charge is 2.21. The van der Waals surface area contributed by atoms with Crippen molar-refractivity contribution in [3.8, 4) is 6.07 Å². The molecule has 0 atom stereocenters. The SMILES string of the molecule is Cc1cc(C)cc(COC(=O)N2CCCn3nc(C#N)cc3C2)c1. The van der Waals surface area contributed by atoms with Gasteiger partial charge in [-0.05, 0) is 31.9 Å². The Hall–Kier alpha value is -2.81. The second-order valence-electron chi connectivity index (χ2n) is 6.18. The molecule has 24 heavy (non-hydrogen) atoms. The van der Waals surface area contributed by atoms with E-state index < -0.39 is 0 Å². The van der Waals surface area contributed by atoms with E-state index in [0.29, 0.717) is 25.3 Å². The number of rotatable bonds is 2. The van der Waals surface area contributed by atoms with Gasteiger partial charge in [0.25, 0.3) is 0 Å². The molecule has 0 radical (unpaired) electrons. The summed E-state index contributed by atoms with van der Waals surface area (Å²) in [5.74, 6) is 0. The lowest BCUT2D eigenvalue weighted by atomic mass is 10.1. The van der Waals surface area contributed by atoms with Gasteiger partial charge in [0.2, 0.25) is 0 Å². The van der Waals surface area contributed by atoms with Gasteiger partial charge in [-0.3, -0.25) is 4.68 Å². The Kier molecular flexibility index (Phi) is 4.52. The topological polar surface area (TPSA) is 71.2 Å². The Labute approximate surface area is 141 Å². The molecule has 0 unspecified atom stereocenters. The molecular weight excluding hydrogens is 304 g/mol. The minimum atomic E-state index is -0.331. The maximum Gasteiger partial charge on any atom is 0.410 e. The molecule has 0 saturated carbocycles. The second-order valence-corrected chi connectivity index (χ2v) is 6.18. The Morgan fingerprint density at radius 2 is 2.00 bits per heavy atom. The molecule has 0 bridgehead atoms. The van der Waals surface area contributed by atoms with Crippen LogP contribution in [0.4, 0.5) is 4.79 Å². The van der Waals surface area contributed by atoms with Crippen molar-refractivity contribution in [3.05, 3.63) is 52.3 Å². The summed E-state index contributed by atoms with van der Waals surface area (Å²) in [5.41, 5.74) is 4.56. The number of nitriles is 1. The summed E-state index contributed by atoms with van der Waals surface area (Å²) in [6, 6.07) is 9.91. The first-order valence-electron chi connectivity index (χ1n) is 8.01. The fourth-order valence-electron chi connectivity index (χ4n) is 3.06. The van der Waals surface area contributed by atoms with Gasteiger partial charge in [0.15, 0.2) is 5.69 Å². The third kappa shape index (κ3) is 3.57. The summed E-state index contributed by atoms with van der Waals surface area (Å²) in [5, 5.41) is 13.2. The molecule has 2 aromatic rings. The van der Waals surface area contributed by atoms with Gasteiger partial charge in [-0.15, -0.1) is 0 Å². The minimum absolute atomic E-state index is 0.264. The summed E-state index contributed by atoms with van der Waals surface area (Å²) >= 11 is 0. The van der Waals surface area contributed by atoms with Gasteiger partial charge < -0.3 is 9.64 Å². The standard InChI is InChI=1S/C18H20N4O2/c1-13-6-14(2)8-15(7-13)12-24-18(23)21-4-3-5-22-17(11-21)9-16(10-19)20-22/h6-9H,3-5,11-12H2,1-2H3. The molecule has 1 aromatic carbocycles. The van der Waals surface area contributed by atoms with Crippen molar-refractivity contribution in [2.45, 2.75) is 40.0 Å². The molecular formula is C18H20N4O2. The molecule has 1 aromatic heterocycles. The van der Waals surface area contributed by atoms with E-state index in [4.69, 9.17) is 10.00 Å². The van der Waals surface area contributed by atoms with Crippen LogP contribution in [-0.4, -0.2) is 27.3 Å². The lowest BCUT2D eigenvalue weighted by Crippen LogP contribution is -2.31. The van der Waals surface area contributed by atoms with E-state index in [1.165, 1.54) is 0 Å². The molecule has 0 aliphatic carbocycles. The van der Waals surface area contributed by atoms with Crippen LogP contribution in [0.25, 0.3) is 0 Å². The van der Waals surface area contributed by atoms with Gasteiger partial charge in [-0.25, -0.2) is 4.79 Å². The molecule has 2 heterocycles. The molecule has 6 nitrogen and oxygen atoms in total. The van der Waals surface area contributed by atoms with E-state index in [9.17, 15) is 4.79 Å². The molecule has 1 aliphatic rings. The summed E-state index contributed by atoms with van der Waals surface area (Å²) in [7, 11) is 0. The normalized spacial score (nSPS) is 13.8. The number of nitrogens with zero attached hydrogens (tertiary/aromatic N) is 4. The molecule has 6 heteroatoms. The van der Waals surface area contributed by atoms with Crippen LogP contribution in [0, 0.1) is 25.2 Å². The monoisotopic (exact) mass is 324 g/mol. The zero-order chi connectivity index (χ0) is 17.1. The largest absolute Gasteiger partial charge is 0.445 e. The summed E-state index contributed by atoms with van der Waals surface area (Å²) in [4.78, 5) is 14.1.